The van der Waals surface area contributed by atoms with Crippen molar-refractivity contribution in [3.8, 4) is 0 Å². The van der Waals surface area contributed by atoms with Gasteiger partial charge in [0.2, 0.25) is 0 Å². The van der Waals surface area contributed by atoms with E-state index in [2.05, 4.69) is 0 Å². The van der Waals surface area contributed by atoms with Crippen LogP contribution in [-0.2, 0) is 13.8 Å². The van der Waals surface area contributed by atoms with E-state index in [1.807, 2.05) is 0 Å². The normalized spacial score (nSPS) is 13.7. The van der Waals surface area contributed by atoms with Crippen molar-refractivity contribution in [2.75, 3.05) is 19.8 Å². The topological polar surface area (TPSA) is 73.8 Å². The van der Waals surface area contributed by atoms with Crippen LogP contribution in [0.2, 0.25) is 0 Å². The van der Waals surface area contributed by atoms with Crippen molar-refractivity contribution in [1.82, 2.24) is 0 Å². The number of hydrogen-bond acceptors (Lipinski definition) is 5. The summed E-state index contributed by atoms with van der Waals surface area (Å²) in [7, 11) is -3.45. The summed E-state index contributed by atoms with van der Waals surface area (Å²) in [6, 6.07) is 0. The van der Waals surface area contributed by atoms with Crippen molar-refractivity contribution >= 4 is 7.94 Å². The molecule has 0 aliphatic rings. The molecule has 15 heavy (non-hydrogen) atoms. The minimum Gasteiger partial charge on any atom is -0.627 e. The van der Waals surface area contributed by atoms with Gasteiger partial charge in [-0.1, -0.05) is 6.92 Å². The molecule has 0 radical (unpaired) electrons. The van der Waals surface area contributed by atoms with E-state index in [0.29, 0.717) is 0 Å². The first-order chi connectivity index (χ1) is 7.01. The van der Waals surface area contributed by atoms with Crippen LogP contribution in [0.5, 0.6) is 0 Å². The van der Waals surface area contributed by atoms with Gasteiger partial charge in [-0.3, -0.25) is 0 Å². The van der Waals surface area contributed by atoms with E-state index in [1.165, 1.54) is 6.92 Å². The lowest BCUT2D eigenvalue weighted by Crippen LogP contribution is -2.21. The first-order valence-electron chi connectivity index (χ1n) is 4.92. The van der Waals surface area contributed by atoms with Gasteiger partial charge < -0.3 is 14.7 Å². The molecule has 0 aliphatic carbocycles. The second-order valence-electron chi connectivity index (χ2n) is 2.64. The maximum Gasteiger partial charge on any atom is 0.268 e. The highest BCUT2D eigenvalue weighted by Crippen LogP contribution is 2.60. The smallest absolute Gasteiger partial charge is 0.268 e. The summed E-state index contributed by atoms with van der Waals surface area (Å²) in [6.07, 6.45) is 0. The van der Waals surface area contributed by atoms with Gasteiger partial charge in [0.1, 0.15) is 5.31 Å². The molecule has 0 saturated heterocycles. The maximum absolute atomic E-state index is 12.0. The zero-order chi connectivity index (χ0) is 11.9. The van der Waals surface area contributed by atoms with Crippen LogP contribution in [0.4, 0.5) is 0 Å². The van der Waals surface area contributed by atoms with E-state index in [-0.39, 0.29) is 25.1 Å². The molecular formula is C9H18O5P-. The molecule has 0 amide bonds. The monoisotopic (exact) mass is 237 g/mol. The number of allylic oxidation sites excluding steroid dienone is 1. The highest BCUT2D eigenvalue weighted by atomic mass is 31.2. The van der Waals surface area contributed by atoms with Crippen LogP contribution in [0.15, 0.2) is 11.3 Å². The first-order valence-corrected chi connectivity index (χ1v) is 6.46. The molecule has 0 spiro atoms. The molecule has 0 saturated carbocycles. The van der Waals surface area contributed by atoms with E-state index in [1.54, 1.807) is 20.8 Å². The number of ether oxygens (including phenoxy) is 1. The molecular weight excluding hydrogens is 219 g/mol. The Bertz CT molecular complexity index is 211. The van der Waals surface area contributed by atoms with Gasteiger partial charge in [0.25, 0.3) is 7.94 Å². The zero-order valence-electron chi connectivity index (χ0n) is 9.61. The maximum atomic E-state index is 12.0. The van der Waals surface area contributed by atoms with Crippen LogP contribution in [0, 0.1) is 0 Å². The Hall–Kier alpha value is -0.350. The highest BCUT2D eigenvalue weighted by Gasteiger charge is 2.33. The van der Waals surface area contributed by atoms with Crippen LogP contribution in [0.1, 0.15) is 27.7 Å². The average molecular weight is 237 g/mol. The number of hydrogen-bond donors (Lipinski definition) is 0. The minimum absolute atomic E-state index is 0.00644. The van der Waals surface area contributed by atoms with Crippen LogP contribution in [0.25, 0.3) is 0 Å². The van der Waals surface area contributed by atoms with Gasteiger partial charge in [0.15, 0.2) is 0 Å². The Morgan fingerprint density at radius 1 is 1.07 bits per heavy atom. The van der Waals surface area contributed by atoms with Crippen molar-refractivity contribution in [3.05, 3.63) is 11.3 Å². The molecule has 0 bridgehead atoms. The quantitative estimate of drug-likeness (QED) is 0.483. The Kier molecular flexibility index (Phi) is 6.85. The lowest BCUT2D eigenvalue weighted by Gasteiger charge is -2.29. The molecule has 0 aliphatic heterocycles. The third-order valence-corrected chi connectivity index (χ3v) is 3.78. The molecule has 0 aromatic rings. The molecule has 0 aromatic carbocycles. The Morgan fingerprint density at radius 2 is 1.53 bits per heavy atom. The fourth-order valence-electron chi connectivity index (χ4n) is 0.918. The standard InChI is InChI=1S/C9H19O5P/c1-5-12-9(10)8(4)15(11,13-6-2)14-7-3/h10H,5-7H2,1-4H3/p-1. The van der Waals surface area contributed by atoms with Crippen LogP contribution >= 0.6 is 7.94 Å². The molecule has 90 valence electrons. The van der Waals surface area contributed by atoms with Gasteiger partial charge in [0, 0.05) is 6.92 Å². The third-order valence-electron chi connectivity index (χ3n) is 1.58. The third kappa shape index (κ3) is 4.34. The molecule has 0 atom stereocenters. The Balaban J connectivity index is 4.81. The van der Waals surface area contributed by atoms with Gasteiger partial charge >= 0.3 is 0 Å². The highest BCUT2D eigenvalue weighted by molar-refractivity contribution is 7.63. The predicted molar refractivity (Wildman–Crippen MR) is 54.5 cm³/mol. The van der Waals surface area contributed by atoms with Crippen LogP contribution in [-0.4, -0.2) is 19.8 Å². The van der Waals surface area contributed by atoms with Gasteiger partial charge in [-0.25, -0.2) is 9.05 Å². The predicted octanol–water partition coefficient (Wildman–Crippen LogP) is 0.768. The fraction of sp³-hybridized carbons (Fsp3) is 0.778. The number of rotatable bonds is 7. The van der Waals surface area contributed by atoms with E-state index < -0.39 is 13.9 Å². The van der Waals surface area contributed by atoms with E-state index >= 15 is 0 Å². The van der Waals surface area contributed by atoms with Crippen LogP contribution in [0.3, 0.4) is 0 Å². The van der Waals surface area contributed by atoms with Gasteiger partial charge in [-0.2, -0.15) is 0 Å². The van der Waals surface area contributed by atoms with Crippen LogP contribution < -0.4 is 10.00 Å². The van der Waals surface area contributed by atoms with Crippen molar-refractivity contribution in [3.63, 3.8) is 0 Å². The van der Waals surface area contributed by atoms with E-state index in [9.17, 15) is 10.00 Å². The lowest BCUT2D eigenvalue weighted by molar-refractivity contribution is -0.358. The minimum atomic E-state index is -3.45. The molecule has 0 N–H and O–H groups in total. The van der Waals surface area contributed by atoms with E-state index in [0.717, 1.165) is 0 Å². The van der Waals surface area contributed by atoms with Gasteiger partial charge in [-0.05, 0) is 20.5 Å². The first kappa shape index (κ1) is 14.6. The van der Waals surface area contributed by atoms with Crippen molar-refractivity contribution in [2.24, 2.45) is 0 Å². The molecule has 6 heteroatoms. The summed E-state index contributed by atoms with van der Waals surface area (Å²) < 4.78 is 14.7. The van der Waals surface area contributed by atoms with Gasteiger partial charge in [0.05, 0.1) is 19.2 Å². The summed E-state index contributed by atoms with van der Waals surface area (Å²) >= 11 is 0. The molecule has 5 nitrogen and oxygen atoms in total. The van der Waals surface area contributed by atoms with Crippen molar-refractivity contribution in [1.29, 1.82) is 0 Å². The van der Waals surface area contributed by atoms with Gasteiger partial charge in [-0.15, -0.1) is 0 Å². The summed E-state index contributed by atoms with van der Waals surface area (Å²) in [5.74, 6) is -0.636. The largest absolute Gasteiger partial charge is 0.627 e. The average Bonchev–Trinajstić information content (AvgIpc) is 2.17. The van der Waals surface area contributed by atoms with E-state index in [4.69, 9.17) is 13.8 Å². The zero-order valence-corrected chi connectivity index (χ0v) is 10.5. The fourth-order valence-corrected chi connectivity index (χ4v) is 2.35. The Labute approximate surface area is 91.2 Å². The van der Waals surface area contributed by atoms with Crippen molar-refractivity contribution in [2.45, 2.75) is 27.7 Å². The summed E-state index contributed by atoms with van der Waals surface area (Å²) in [6.45, 7) is 7.12. The summed E-state index contributed by atoms with van der Waals surface area (Å²) in [5, 5.41) is 11.3. The second kappa shape index (κ2) is 7.01. The van der Waals surface area contributed by atoms with Crippen molar-refractivity contribution < 1.29 is 23.8 Å². The second-order valence-corrected chi connectivity index (χ2v) is 4.82. The summed E-state index contributed by atoms with van der Waals surface area (Å²) in [4.78, 5) is 12.0. The molecule has 0 aromatic heterocycles. The lowest BCUT2D eigenvalue weighted by atomic mass is 10.7. The molecule has 0 unspecified atom stereocenters. The molecule has 0 fully saturated rings. The summed E-state index contributed by atoms with van der Waals surface area (Å²) in [5.41, 5.74) is 0. The SMILES string of the molecule is CCOC([O-])=C(C)[P+]([O-])(OCC)OCC. The Morgan fingerprint density at radius 3 is 1.87 bits per heavy atom. The molecule has 0 rings (SSSR count). The molecule has 0 heterocycles.